The van der Waals surface area contributed by atoms with E-state index in [4.69, 9.17) is 4.74 Å². The maximum atomic E-state index is 5.52. The Labute approximate surface area is 94.2 Å². The van der Waals surface area contributed by atoms with Crippen molar-refractivity contribution < 1.29 is 4.74 Å². The monoisotopic (exact) mass is 214 g/mol. The molecule has 1 unspecified atom stereocenters. The maximum Gasteiger partial charge on any atom is 0.0518 e. The van der Waals surface area contributed by atoms with Crippen LogP contribution in [0.5, 0.6) is 0 Å². The zero-order chi connectivity index (χ0) is 11.1. The summed E-state index contributed by atoms with van der Waals surface area (Å²) in [5, 5.41) is 3.46. The van der Waals surface area contributed by atoms with E-state index in [2.05, 4.69) is 31.0 Å². The second-order valence-electron chi connectivity index (χ2n) is 4.78. The molecule has 1 N–H and O–H groups in total. The van der Waals surface area contributed by atoms with E-state index in [1.54, 1.807) is 0 Å². The minimum Gasteiger partial charge on any atom is -0.379 e. The van der Waals surface area contributed by atoms with Crippen LogP contribution in [0.4, 0.5) is 0 Å². The fraction of sp³-hybridized carbons (Fsp3) is 1.00. The molecule has 1 heterocycles. The number of nitrogens with zero attached hydrogens (tertiary/aromatic N) is 1. The molecule has 1 saturated heterocycles. The van der Waals surface area contributed by atoms with Crippen molar-refractivity contribution in [3.8, 4) is 0 Å². The molecule has 0 saturated carbocycles. The molecule has 1 atom stereocenters. The van der Waals surface area contributed by atoms with Gasteiger partial charge in [-0.05, 0) is 40.2 Å². The van der Waals surface area contributed by atoms with Gasteiger partial charge in [-0.1, -0.05) is 0 Å². The zero-order valence-electron chi connectivity index (χ0n) is 10.5. The van der Waals surface area contributed by atoms with Crippen LogP contribution in [-0.4, -0.2) is 49.8 Å². The minimum atomic E-state index is 0.379. The van der Waals surface area contributed by atoms with Gasteiger partial charge in [0.15, 0.2) is 0 Å². The summed E-state index contributed by atoms with van der Waals surface area (Å²) in [7, 11) is 0. The SMILES string of the molecule is CC1CN(CCCCOC(C)C)CCN1. The standard InChI is InChI=1S/C12H26N2O/c1-11(2)15-9-5-4-7-14-8-6-13-12(3)10-14/h11-13H,4-10H2,1-3H3. The molecule has 90 valence electrons. The first kappa shape index (κ1) is 12.9. The first-order valence-corrected chi connectivity index (χ1v) is 6.26. The van der Waals surface area contributed by atoms with Crippen molar-refractivity contribution in [1.82, 2.24) is 10.2 Å². The van der Waals surface area contributed by atoms with Crippen molar-refractivity contribution >= 4 is 0 Å². The van der Waals surface area contributed by atoms with Crippen LogP contribution in [0.25, 0.3) is 0 Å². The highest BCUT2D eigenvalue weighted by molar-refractivity contribution is 4.74. The highest BCUT2D eigenvalue weighted by Crippen LogP contribution is 2.02. The summed E-state index contributed by atoms with van der Waals surface area (Å²) in [4.78, 5) is 2.55. The molecule has 1 aliphatic rings. The molecule has 0 radical (unpaired) electrons. The van der Waals surface area contributed by atoms with Gasteiger partial charge >= 0.3 is 0 Å². The quantitative estimate of drug-likeness (QED) is 0.678. The van der Waals surface area contributed by atoms with Crippen LogP contribution in [0.3, 0.4) is 0 Å². The van der Waals surface area contributed by atoms with Gasteiger partial charge in [0.1, 0.15) is 0 Å². The van der Waals surface area contributed by atoms with E-state index in [9.17, 15) is 0 Å². The topological polar surface area (TPSA) is 24.5 Å². The molecule has 3 nitrogen and oxygen atoms in total. The number of unbranched alkanes of at least 4 members (excludes halogenated alkanes) is 1. The van der Waals surface area contributed by atoms with Gasteiger partial charge in [0.25, 0.3) is 0 Å². The number of rotatable bonds is 6. The lowest BCUT2D eigenvalue weighted by Crippen LogP contribution is -2.49. The van der Waals surface area contributed by atoms with Crippen molar-refractivity contribution in [2.75, 3.05) is 32.8 Å². The van der Waals surface area contributed by atoms with E-state index in [0.717, 1.165) is 13.2 Å². The fourth-order valence-corrected chi connectivity index (χ4v) is 1.97. The number of hydrogen-bond donors (Lipinski definition) is 1. The van der Waals surface area contributed by atoms with Crippen LogP contribution in [-0.2, 0) is 4.74 Å². The highest BCUT2D eigenvalue weighted by atomic mass is 16.5. The van der Waals surface area contributed by atoms with E-state index >= 15 is 0 Å². The lowest BCUT2D eigenvalue weighted by molar-refractivity contribution is 0.0735. The number of nitrogens with one attached hydrogen (secondary N) is 1. The first-order chi connectivity index (χ1) is 7.18. The van der Waals surface area contributed by atoms with E-state index in [0.29, 0.717) is 12.1 Å². The normalized spacial score (nSPS) is 23.6. The van der Waals surface area contributed by atoms with Crippen LogP contribution < -0.4 is 5.32 Å². The number of hydrogen-bond acceptors (Lipinski definition) is 3. The molecule has 0 aliphatic carbocycles. The van der Waals surface area contributed by atoms with Crippen molar-refractivity contribution in [1.29, 1.82) is 0 Å². The van der Waals surface area contributed by atoms with Crippen LogP contribution in [0.15, 0.2) is 0 Å². The maximum absolute atomic E-state index is 5.52. The predicted octanol–water partition coefficient (Wildman–Crippen LogP) is 1.49. The highest BCUT2D eigenvalue weighted by Gasteiger charge is 2.14. The van der Waals surface area contributed by atoms with E-state index in [1.165, 1.54) is 32.5 Å². The molecule has 15 heavy (non-hydrogen) atoms. The third kappa shape index (κ3) is 6.13. The number of piperazine rings is 1. The Hall–Kier alpha value is -0.120. The molecular weight excluding hydrogens is 188 g/mol. The molecule has 1 fully saturated rings. The summed E-state index contributed by atoms with van der Waals surface area (Å²) in [5.41, 5.74) is 0. The van der Waals surface area contributed by atoms with Gasteiger partial charge in [-0.15, -0.1) is 0 Å². The Bertz CT molecular complexity index is 162. The van der Waals surface area contributed by atoms with Gasteiger partial charge in [0.05, 0.1) is 6.10 Å². The Balaban J connectivity index is 1.95. The molecule has 0 spiro atoms. The third-order valence-electron chi connectivity index (χ3n) is 2.77. The van der Waals surface area contributed by atoms with Crippen molar-refractivity contribution in [3.63, 3.8) is 0 Å². The van der Waals surface area contributed by atoms with Crippen LogP contribution >= 0.6 is 0 Å². The second-order valence-corrected chi connectivity index (χ2v) is 4.78. The van der Waals surface area contributed by atoms with E-state index < -0.39 is 0 Å². The molecule has 3 heteroatoms. The number of ether oxygens (including phenoxy) is 1. The largest absolute Gasteiger partial charge is 0.379 e. The minimum absolute atomic E-state index is 0.379. The fourth-order valence-electron chi connectivity index (χ4n) is 1.97. The van der Waals surface area contributed by atoms with Crippen LogP contribution in [0.2, 0.25) is 0 Å². The molecule has 0 aromatic rings. The molecule has 1 rings (SSSR count). The first-order valence-electron chi connectivity index (χ1n) is 6.26. The van der Waals surface area contributed by atoms with Crippen LogP contribution in [0, 0.1) is 0 Å². The Morgan fingerprint density at radius 2 is 2.20 bits per heavy atom. The van der Waals surface area contributed by atoms with Gasteiger partial charge in [0, 0.05) is 32.3 Å². The van der Waals surface area contributed by atoms with E-state index in [-0.39, 0.29) is 0 Å². The summed E-state index contributed by atoms with van der Waals surface area (Å²) in [6.07, 6.45) is 2.83. The summed E-state index contributed by atoms with van der Waals surface area (Å²) in [6.45, 7) is 12.1. The van der Waals surface area contributed by atoms with Gasteiger partial charge in [-0.2, -0.15) is 0 Å². The average Bonchev–Trinajstić information content (AvgIpc) is 2.17. The molecule has 0 bridgehead atoms. The molecule has 0 amide bonds. The molecular formula is C12H26N2O. The van der Waals surface area contributed by atoms with Crippen LogP contribution in [0.1, 0.15) is 33.6 Å². The lowest BCUT2D eigenvalue weighted by Gasteiger charge is -2.31. The Morgan fingerprint density at radius 1 is 1.40 bits per heavy atom. The zero-order valence-corrected chi connectivity index (χ0v) is 10.5. The Kier molecular flexibility index (Phi) is 6.22. The van der Waals surface area contributed by atoms with E-state index in [1.807, 2.05) is 0 Å². The molecule has 0 aromatic carbocycles. The second kappa shape index (κ2) is 7.20. The van der Waals surface area contributed by atoms with Crippen molar-refractivity contribution in [2.24, 2.45) is 0 Å². The molecule has 1 aliphatic heterocycles. The smallest absolute Gasteiger partial charge is 0.0518 e. The lowest BCUT2D eigenvalue weighted by atomic mass is 10.2. The Morgan fingerprint density at radius 3 is 2.87 bits per heavy atom. The summed E-state index contributed by atoms with van der Waals surface area (Å²) < 4.78 is 5.52. The van der Waals surface area contributed by atoms with Crippen molar-refractivity contribution in [3.05, 3.63) is 0 Å². The van der Waals surface area contributed by atoms with Gasteiger partial charge in [-0.25, -0.2) is 0 Å². The summed E-state index contributed by atoms with van der Waals surface area (Å²) in [6, 6.07) is 0.658. The summed E-state index contributed by atoms with van der Waals surface area (Å²) in [5.74, 6) is 0. The van der Waals surface area contributed by atoms with Crippen molar-refractivity contribution in [2.45, 2.75) is 45.8 Å². The average molecular weight is 214 g/mol. The van der Waals surface area contributed by atoms with Gasteiger partial charge in [0.2, 0.25) is 0 Å². The molecule has 0 aromatic heterocycles. The summed E-state index contributed by atoms with van der Waals surface area (Å²) >= 11 is 0. The van der Waals surface area contributed by atoms with Gasteiger partial charge in [-0.3, -0.25) is 0 Å². The predicted molar refractivity (Wildman–Crippen MR) is 64.2 cm³/mol. The third-order valence-corrected chi connectivity index (χ3v) is 2.77. The van der Waals surface area contributed by atoms with Gasteiger partial charge < -0.3 is 15.0 Å².